The second kappa shape index (κ2) is 5.81. The summed E-state index contributed by atoms with van der Waals surface area (Å²) >= 11 is 3.21. The van der Waals surface area contributed by atoms with E-state index in [9.17, 15) is 4.79 Å². The molecule has 1 amide bonds. The van der Waals surface area contributed by atoms with Crippen molar-refractivity contribution in [1.29, 1.82) is 0 Å². The van der Waals surface area contributed by atoms with Crippen LogP contribution in [0.4, 0.5) is 0 Å². The van der Waals surface area contributed by atoms with Crippen LogP contribution in [0.15, 0.2) is 11.4 Å². The second-order valence-electron chi connectivity index (χ2n) is 6.92. The Morgan fingerprint density at radius 2 is 2.23 bits per heavy atom. The summed E-state index contributed by atoms with van der Waals surface area (Å²) < 4.78 is 0. The molecular weight excluding hydrogens is 314 g/mol. The summed E-state index contributed by atoms with van der Waals surface area (Å²) in [6.07, 6.45) is 5.00. The summed E-state index contributed by atoms with van der Waals surface area (Å²) in [6, 6.07) is 0. The lowest BCUT2D eigenvalue weighted by molar-refractivity contribution is -0.115. The van der Waals surface area contributed by atoms with Crippen LogP contribution in [0.5, 0.6) is 0 Å². The number of carbonyl (C=O) groups excluding carboxylic acids is 1. The highest BCUT2D eigenvalue weighted by molar-refractivity contribution is 8.00. The topological polar surface area (TPSA) is 68.9 Å². The van der Waals surface area contributed by atoms with Gasteiger partial charge in [0, 0.05) is 10.3 Å². The molecule has 1 aliphatic rings. The van der Waals surface area contributed by atoms with Gasteiger partial charge in [-0.05, 0) is 36.2 Å². The van der Waals surface area contributed by atoms with Crippen LogP contribution in [0.25, 0.3) is 10.2 Å². The summed E-state index contributed by atoms with van der Waals surface area (Å²) in [5, 5.41) is 2.05. The van der Waals surface area contributed by atoms with Gasteiger partial charge in [-0.25, -0.2) is 9.97 Å². The molecule has 2 heterocycles. The SMILES string of the molecule is CC(C)(C)[C@H]1CCc2c(sc3ncnc(SCC(N)=O)c23)C1. The fourth-order valence-corrected chi connectivity index (χ4v) is 5.17. The van der Waals surface area contributed by atoms with E-state index < -0.39 is 0 Å². The van der Waals surface area contributed by atoms with Crippen molar-refractivity contribution in [2.24, 2.45) is 17.1 Å². The molecule has 0 unspecified atom stereocenters. The summed E-state index contributed by atoms with van der Waals surface area (Å²) in [7, 11) is 0. The number of carbonyl (C=O) groups is 1. The molecule has 0 radical (unpaired) electrons. The average Bonchev–Trinajstić information content (AvgIpc) is 2.82. The first-order valence-corrected chi connectivity index (χ1v) is 9.33. The molecule has 118 valence electrons. The minimum absolute atomic E-state index is 0.265. The number of hydrogen-bond donors (Lipinski definition) is 1. The molecule has 0 aliphatic heterocycles. The highest BCUT2D eigenvalue weighted by Gasteiger charge is 2.31. The number of aromatic nitrogens is 2. The van der Waals surface area contributed by atoms with Gasteiger partial charge in [0.1, 0.15) is 16.2 Å². The maximum absolute atomic E-state index is 11.0. The van der Waals surface area contributed by atoms with E-state index in [0.29, 0.717) is 11.3 Å². The third-order valence-corrected chi connectivity index (χ3v) is 6.56. The number of primary amides is 1. The molecule has 0 saturated heterocycles. The molecule has 0 fully saturated rings. The van der Waals surface area contributed by atoms with Gasteiger partial charge >= 0.3 is 0 Å². The number of nitrogens with zero attached hydrogens (tertiary/aromatic N) is 2. The number of amides is 1. The van der Waals surface area contributed by atoms with Crippen molar-refractivity contribution in [2.75, 3.05) is 5.75 Å². The van der Waals surface area contributed by atoms with Crippen LogP contribution in [0.3, 0.4) is 0 Å². The first kappa shape index (κ1) is 15.7. The number of nitrogens with two attached hydrogens (primary N) is 1. The molecule has 2 N–H and O–H groups in total. The molecule has 2 aromatic rings. The number of fused-ring (bicyclic) bond motifs is 3. The predicted molar refractivity (Wildman–Crippen MR) is 92.3 cm³/mol. The highest BCUT2D eigenvalue weighted by atomic mass is 32.2. The summed E-state index contributed by atoms with van der Waals surface area (Å²) in [6.45, 7) is 6.97. The number of rotatable bonds is 3. The maximum atomic E-state index is 11.0. The molecule has 1 aliphatic carbocycles. The zero-order chi connectivity index (χ0) is 15.9. The molecule has 0 aromatic carbocycles. The molecular formula is C16H21N3OS2. The lowest BCUT2D eigenvalue weighted by atomic mass is 9.72. The van der Waals surface area contributed by atoms with Gasteiger partial charge in [-0.15, -0.1) is 11.3 Å². The summed E-state index contributed by atoms with van der Waals surface area (Å²) in [4.78, 5) is 22.4. The Bertz CT molecular complexity index is 718. The lowest BCUT2D eigenvalue weighted by Crippen LogP contribution is -2.26. The minimum Gasteiger partial charge on any atom is -0.369 e. The zero-order valence-corrected chi connectivity index (χ0v) is 14.8. The van der Waals surface area contributed by atoms with Crippen molar-refractivity contribution in [3.05, 3.63) is 16.8 Å². The first-order valence-electron chi connectivity index (χ1n) is 7.52. The molecule has 0 saturated carbocycles. The van der Waals surface area contributed by atoms with E-state index >= 15 is 0 Å². The Morgan fingerprint density at radius 3 is 2.91 bits per heavy atom. The molecule has 3 rings (SSSR count). The van der Waals surface area contributed by atoms with E-state index in [0.717, 1.165) is 28.1 Å². The average molecular weight is 335 g/mol. The standard InChI is InChI=1S/C16H21N3OS2/c1-16(2,3)9-4-5-10-11(6-9)22-15-13(10)14(18-8-19-15)21-7-12(17)20/h8-9H,4-7H2,1-3H3,(H2,17,20)/t9-/m0/s1. The van der Waals surface area contributed by atoms with Gasteiger partial charge in [-0.2, -0.15) is 0 Å². The number of hydrogen-bond acceptors (Lipinski definition) is 5. The van der Waals surface area contributed by atoms with Crippen molar-refractivity contribution < 1.29 is 4.79 Å². The van der Waals surface area contributed by atoms with E-state index in [2.05, 4.69) is 30.7 Å². The van der Waals surface area contributed by atoms with Gasteiger partial charge in [-0.3, -0.25) is 4.79 Å². The number of thiophene rings is 1. The zero-order valence-electron chi connectivity index (χ0n) is 13.2. The Hall–Kier alpha value is -1.14. The Balaban J connectivity index is 1.99. The van der Waals surface area contributed by atoms with E-state index in [1.165, 1.54) is 28.6 Å². The van der Waals surface area contributed by atoms with Crippen molar-refractivity contribution in [1.82, 2.24) is 9.97 Å². The van der Waals surface area contributed by atoms with Gasteiger partial charge in [0.25, 0.3) is 0 Å². The van der Waals surface area contributed by atoms with Crippen LogP contribution in [-0.4, -0.2) is 21.6 Å². The van der Waals surface area contributed by atoms with Crippen LogP contribution in [0.1, 0.15) is 37.6 Å². The third kappa shape index (κ3) is 2.99. The molecule has 1 atom stereocenters. The van der Waals surface area contributed by atoms with Gasteiger partial charge in [0.05, 0.1) is 5.75 Å². The van der Waals surface area contributed by atoms with E-state index in [-0.39, 0.29) is 11.7 Å². The normalized spacial score (nSPS) is 18.4. The van der Waals surface area contributed by atoms with Crippen molar-refractivity contribution >= 4 is 39.2 Å². The summed E-state index contributed by atoms with van der Waals surface area (Å²) in [5.74, 6) is 0.665. The van der Waals surface area contributed by atoms with Crippen molar-refractivity contribution in [3.8, 4) is 0 Å². The minimum atomic E-state index is -0.311. The smallest absolute Gasteiger partial charge is 0.227 e. The summed E-state index contributed by atoms with van der Waals surface area (Å²) in [5.41, 5.74) is 7.00. The largest absolute Gasteiger partial charge is 0.369 e. The van der Waals surface area contributed by atoms with Crippen LogP contribution >= 0.6 is 23.1 Å². The monoisotopic (exact) mass is 335 g/mol. The Kier molecular flexibility index (Phi) is 4.16. The van der Waals surface area contributed by atoms with Gasteiger partial charge < -0.3 is 5.73 Å². The van der Waals surface area contributed by atoms with Crippen molar-refractivity contribution in [3.63, 3.8) is 0 Å². The number of thioether (sulfide) groups is 1. The Morgan fingerprint density at radius 1 is 1.45 bits per heavy atom. The molecule has 2 aromatic heterocycles. The third-order valence-electron chi connectivity index (χ3n) is 4.39. The highest BCUT2D eigenvalue weighted by Crippen LogP contribution is 2.44. The van der Waals surface area contributed by atoms with E-state index in [4.69, 9.17) is 5.73 Å². The molecule has 0 bridgehead atoms. The molecule has 22 heavy (non-hydrogen) atoms. The lowest BCUT2D eigenvalue weighted by Gasteiger charge is -2.33. The molecule has 4 nitrogen and oxygen atoms in total. The first-order chi connectivity index (χ1) is 10.4. The van der Waals surface area contributed by atoms with Crippen LogP contribution < -0.4 is 5.73 Å². The van der Waals surface area contributed by atoms with Crippen LogP contribution in [-0.2, 0) is 17.6 Å². The fourth-order valence-electron chi connectivity index (χ4n) is 3.07. The molecule has 0 spiro atoms. The number of aryl methyl sites for hydroxylation is 1. The Labute approximate surface area is 138 Å². The fraction of sp³-hybridized carbons (Fsp3) is 0.562. The molecule has 6 heteroatoms. The van der Waals surface area contributed by atoms with E-state index in [1.807, 2.05) is 0 Å². The quantitative estimate of drug-likeness (QED) is 0.689. The van der Waals surface area contributed by atoms with Gasteiger partial charge in [0.15, 0.2) is 0 Å². The van der Waals surface area contributed by atoms with Crippen molar-refractivity contribution in [2.45, 2.75) is 45.1 Å². The van der Waals surface area contributed by atoms with Crippen LogP contribution in [0, 0.1) is 11.3 Å². The predicted octanol–water partition coefficient (Wildman–Crippen LogP) is 3.42. The maximum Gasteiger partial charge on any atom is 0.227 e. The second-order valence-corrected chi connectivity index (χ2v) is 8.97. The van der Waals surface area contributed by atoms with Crippen LogP contribution in [0.2, 0.25) is 0 Å². The van der Waals surface area contributed by atoms with Gasteiger partial charge in [0.2, 0.25) is 5.91 Å². The van der Waals surface area contributed by atoms with Gasteiger partial charge in [-0.1, -0.05) is 32.5 Å². The van der Waals surface area contributed by atoms with E-state index in [1.54, 1.807) is 17.7 Å².